The Labute approximate surface area is 234 Å². The number of piperidine rings is 1. The molecule has 0 amide bonds. The number of nitrogens with one attached hydrogen (secondary N) is 3. The van der Waals surface area contributed by atoms with Crippen LogP contribution in [0.2, 0.25) is 0 Å². The average Bonchev–Trinajstić information content (AvgIpc) is 3.59. The van der Waals surface area contributed by atoms with Gasteiger partial charge in [-0.15, -0.1) is 11.3 Å². The zero-order valence-corrected chi connectivity index (χ0v) is 23.7. The molecule has 1 fully saturated rings. The van der Waals surface area contributed by atoms with Gasteiger partial charge >= 0.3 is 5.69 Å². The molecule has 5 rings (SSSR count). The summed E-state index contributed by atoms with van der Waals surface area (Å²) in [7, 11) is -3.57. The van der Waals surface area contributed by atoms with Crippen molar-refractivity contribution in [3.8, 4) is 16.3 Å². The number of hydrogen-bond acceptors (Lipinski definition) is 10. The van der Waals surface area contributed by atoms with E-state index in [9.17, 15) is 18.3 Å². The van der Waals surface area contributed by atoms with E-state index in [0.29, 0.717) is 58.2 Å². The van der Waals surface area contributed by atoms with Crippen LogP contribution in [-0.2, 0) is 10.0 Å². The minimum Gasteiger partial charge on any atom is -0.489 e. The quantitative estimate of drug-likeness (QED) is 0.152. The fourth-order valence-corrected chi connectivity index (χ4v) is 7.76. The molecule has 1 saturated heterocycles. The highest BCUT2D eigenvalue weighted by atomic mass is 32.2. The van der Waals surface area contributed by atoms with Crippen LogP contribution < -0.4 is 15.7 Å². The van der Waals surface area contributed by atoms with E-state index >= 15 is 0 Å². The Balaban J connectivity index is 1.07. The molecule has 14 heteroatoms. The van der Waals surface area contributed by atoms with Crippen LogP contribution in [0.25, 0.3) is 21.6 Å². The van der Waals surface area contributed by atoms with Gasteiger partial charge in [-0.2, -0.15) is 4.31 Å². The van der Waals surface area contributed by atoms with Gasteiger partial charge in [-0.3, -0.25) is 0 Å². The first kappa shape index (κ1) is 27.8. The first-order valence-electron chi connectivity index (χ1n) is 12.5. The van der Waals surface area contributed by atoms with Gasteiger partial charge in [0.1, 0.15) is 28.2 Å². The van der Waals surface area contributed by atoms with E-state index in [1.807, 2.05) is 6.26 Å². The number of aliphatic hydroxyl groups is 1. The summed E-state index contributed by atoms with van der Waals surface area (Å²) in [5.74, 6) is 0.811. The number of para-hydroxylation sites is 1. The monoisotopic (exact) mass is 590 g/mol. The normalized spacial score (nSPS) is 16.1. The number of rotatable bonds is 11. The molecule has 208 valence electrons. The SMILES string of the molecule is CSc1nccc(-c2ccc(S(=O)(=O)N3CCC(CNC[C@H](O)COc4cccc5[nH]c(=O)[nH]c45)CC3)s2)n1. The molecule has 11 nitrogen and oxygen atoms in total. The standard InChI is InChI=1S/C25H30N6O5S3/c1-37-25-27-10-7-18(29-25)21-5-6-22(38-21)39(34,35)31-11-8-16(9-12-31)13-26-14-17(32)15-36-20-4-2-3-19-23(20)30-24(33)28-19/h2-7,10,16-17,26,32H,8-9,11-15H2,1H3,(H2,28,30,33)/t17-/m0/s1. The fourth-order valence-electron chi connectivity index (χ4n) is 4.50. The van der Waals surface area contributed by atoms with Gasteiger partial charge < -0.3 is 25.1 Å². The van der Waals surface area contributed by atoms with Crippen LogP contribution in [0.3, 0.4) is 0 Å². The number of hydrogen-bond donors (Lipinski definition) is 4. The van der Waals surface area contributed by atoms with Crippen molar-refractivity contribution in [3.63, 3.8) is 0 Å². The van der Waals surface area contributed by atoms with Crippen LogP contribution in [0, 0.1) is 5.92 Å². The Morgan fingerprint density at radius 3 is 2.85 bits per heavy atom. The maximum atomic E-state index is 13.3. The predicted molar refractivity (Wildman–Crippen MR) is 152 cm³/mol. The van der Waals surface area contributed by atoms with Gasteiger partial charge in [0.05, 0.1) is 16.1 Å². The molecule has 4 heterocycles. The molecule has 39 heavy (non-hydrogen) atoms. The lowest BCUT2D eigenvalue weighted by Gasteiger charge is -2.31. The van der Waals surface area contributed by atoms with Crippen LogP contribution in [0.4, 0.5) is 0 Å². The lowest BCUT2D eigenvalue weighted by molar-refractivity contribution is 0.105. The molecule has 0 radical (unpaired) electrons. The zero-order chi connectivity index (χ0) is 27.4. The number of aromatic nitrogens is 4. The van der Waals surface area contributed by atoms with Crippen LogP contribution in [-0.4, -0.2) is 82.9 Å². The number of thiophene rings is 1. The summed E-state index contributed by atoms with van der Waals surface area (Å²) < 4.78 is 34.1. The van der Waals surface area contributed by atoms with Gasteiger partial charge in [0.2, 0.25) is 0 Å². The second-order valence-electron chi connectivity index (χ2n) is 9.28. The first-order chi connectivity index (χ1) is 18.8. The van der Waals surface area contributed by atoms with Gasteiger partial charge in [0.15, 0.2) is 5.16 Å². The van der Waals surface area contributed by atoms with Gasteiger partial charge in [-0.05, 0) is 61.9 Å². The minimum absolute atomic E-state index is 0.0758. The number of thioether (sulfide) groups is 1. The first-order valence-corrected chi connectivity index (χ1v) is 16.0. The largest absolute Gasteiger partial charge is 0.489 e. The number of nitrogens with zero attached hydrogens (tertiary/aromatic N) is 3. The Morgan fingerprint density at radius 1 is 1.23 bits per heavy atom. The molecule has 0 aliphatic carbocycles. The maximum absolute atomic E-state index is 13.3. The van der Waals surface area contributed by atoms with E-state index in [4.69, 9.17) is 4.74 Å². The van der Waals surface area contributed by atoms with E-state index in [2.05, 4.69) is 25.3 Å². The third-order valence-electron chi connectivity index (χ3n) is 6.57. The van der Waals surface area contributed by atoms with Crippen molar-refractivity contribution in [1.82, 2.24) is 29.6 Å². The molecule has 0 saturated carbocycles. The Kier molecular flexibility index (Phi) is 8.69. The molecule has 1 aliphatic heterocycles. The van der Waals surface area contributed by atoms with E-state index in [1.165, 1.54) is 23.1 Å². The van der Waals surface area contributed by atoms with Crippen molar-refractivity contribution in [2.45, 2.75) is 28.3 Å². The average molecular weight is 591 g/mol. The summed E-state index contributed by atoms with van der Waals surface area (Å²) in [5, 5.41) is 14.3. The van der Waals surface area contributed by atoms with Crippen molar-refractivity contribution in [2.24, 2.45) is 5.92 Å². The van der Waals surface area contributed by atoms with Crippen LogP contribution in [0.15, 0.2) is 56.8 Å². The van der Waals surface area contributed by atoms with Crippen molar-refractivity contribution in [3.05, 3.63) is 53.1 Å². The highest BCUT2D eigenvalue weighted by Gasteiger charge is 2.30. The zero-order valence-electron chi connectivity index (χ0n) is 21.3. The number of benzene rings is 1. The molecule has 4 aromatic rings. The Hall–Kier alpha value is -2.75. The molecular formula is C25H30N6O5S3. The third-order valence-corrected chi connectivity index (χ3v) is 10.6. The third kappa shape index (κ3) is 6.53. The molecule has 0 unspecified atom stereocenters. The van der Waals surface area contributed by atoms with Crippen molar-refractivity contribution in [1.29, 1.82) is 0 Å². The molecule has 3 aromatic heterocycles. The number of sulfonamides is 1. The van der Waals surface area contributed by atoms with Crippen molar-refractivity contribution >= 4 is 44.2 Å². The van der Waals surface area contributed by atoms with E-state index < -0.39 is 16.1 Å². The maximum Gasteiger partial charge on any atom is 0.323 e. The topological polar surface area (TPSA) is 153 Å². The Bertz CT molecular complexity index is 1580. The molecule has 1 aliphatic rings. The van der Waals surface area contributed by atoms with Crippen LogP contribution in [0.5, 0.6) is 5.75 Å². The number of H-pyrrole nitrogens is 2. The van der Waals surface area contributed by atoms with Crippen LogP contribution in [0.1, 0.15) is 12.8 Å². The number of fused-ring (bicyclic) bond motifs is 1. The summed E-state index contributed by atoms with van der Waals surface area (Å²) in [6.07, 6.45) is 4.32. The highest BCUT2D eigenvalue weighted by Crippen LogP contribution is 2.33. The molecule has 4 N–H and O–H groups in total. The number of imidazole rings is 1. The molecule has 1 atom stereocenters. The predicted octanol–water partition coefficient (Wildman–Crippen LogP) is 2.53. The summed E-state index contributed by atoms with van der Waals surface area (Å²) in [4.78, 5) is 26.3. The summed E-state index contributed by atoms with van der Waals surface area (Å²) in [6.45, 7) is 2.01. The van der Waals surface area contributed by atoms with E-state index in [0.717, 1.165) is 23.4 Å². The molecule has 0 bridgehead atoms. The lowest BCUT2D eigenvalue weighted by Crippen LogP contribution is -2.41. The minimum atomic E-state index is -3.57. The smallest absolute Gasteiger partial charge is 0.323 e. The van der Waals surface area contributed by atoms with Crippen LogP contribution >= 0.6 is 23.1 Å². The molecule has 1 aromatic carbocycles. The van der Waals surface area contributed by atoms with Gasteiger partial charge in [0, 0.05) is 25.8 Å². The lowest BCUT2D eigenvalue weighted by atomic mass is 9.98. The van der Waals surface area contributed by atoms with Crippen molar-refractivity contribution < 1.29 is 18.3 Å². The van der Waals surface area contributed by atoms with E-state index in [1.54, 1.807) is 46.9 Å². The van der Waals surface area contributed by atoms with Crippen molar-refractivity contribution in [2.75, 3.05) is 39.0 Å². The van der Waals surface area contributed by atoms with Gasteiger partial charge in [-0.25, -0.2) is 23.2 Å². The second kappa shape index (κ2) is 12.2. The van der Waals surface area contributed by atoms with Gasteiger partial charge in [0.25, 0.3) is 10.0 Å². The number of ether oxygens (including phenoxy) is 1. The fraction of sp³-hybridized carbons (Fsp3) is 0.400. The summed E-state index contributed by atoms with van der Waals surface area (Å²) in [5.41, 5.74) is 1.62. The molecular weight excluding hydrogens is 561 g/mol. The number of aromatic amines is 2. The molecule has 0 spiro atoms. The second-order valence-corrected chi connectivity index (χ2v) is 13.3. The van der Waals surface area contributed by atoms with E-state index in [-0.39, 0.29) is 12.3 Å². The highest BCUT2D eigenvalue weighted by molar-refractivity contribution is 7.98. The van der Waals surface area contributed by atoms with Gasteiger partial charge in [-0.1, -0.05) is 17.8 Å². The summed E-state index contributed by atoms with van der Waals surface area (Å²) in [6, 6.07) is 10.5. The Morgan fingerprint density at radius 2 is 2.05 bits per heavy atom. The number of aliphatic hydroxyl groups excluding tert-OH is 1. The summed E-state index contributed by atoms with van der Waals surface area (Å²) >= 11 is 2.67.